The van der Waals surface area contributed by atoms with Crippen molar-refractivity contribution in [3.8, 4) is 5.75 Å². The number of amides is 2. The van der Waals surface area contributed by atoms with Crippen molar-refractivity contribution in [2.45, 2.75) is 32.7 Å². The van der Waals surface area contributed by atoms with Crippen LogP contribution in [0.5, 0.6) is 5.75 Å². The number of carbonyl (C=O) groups excluding carboxylic acids is 2. The Morgan fingerprint density at radius 3 is 2.48 bits per heavy atom. The molecule has 1 fully saturated rings. The average molecular weight is 368 g/mol. The molecule has 2 amide bonds. The third-order valence-electron chi connectivity index (χ3n) is 4.87. The molecule has 1 aromatic heterocycles. The van der Waals surface area contributed by atoms with Crippen molar-refractivity contribution in [1.82, 2.24) is 20.2 Å². The zero-order valence-electron chi connectivity index (χ0n) is 16.0. The van der Waals surface area contributed by atoms with E-state index in [1.165, 1.54) is 6.92 Å². The third kappa shape index (κ3) is 4.07. The molecule has 7 nitrogen and oxygen atoms in total. The molecule has 1 aromatic carbocycles. The lowest BCUT2D eigenvalue weighted by Gasteiger charge is -2.19. The second kappa shape index (κ2) is 7.73. The molecular formula is C20H24N4O3. The van der Waals surface area contributed by atoms with E-state index in [-0.39, 0.29) is 23.8 Å². The van der Waals surface area contributed by atoms with E-state index in [2.05, 4.69) is 15.3 Å². The minimum atomic E-state index is -0.147. The molecule has 2 aromatic rings. The number of hydrogen-bond acceptors (Lipinski definition) is 5. The van der Waals surface area contributed by atoms with Gasteiger partial charge in [0.25, 0.3) is 5.91 Å². The van der Waals surface area contributed by atoms with Crippen LogP contribution < -0.4 is 10.1 Å². The first-order chi connectivity index (χ1) is 12.9. The Balaban J connectivity index is 1.85. The summed E-state index contributed by atoms with van der Waals surface area (Å²) in [5.41, 5.74) is 2.22. The number of nitrogens with zero attached hydrogens (tertiary/aromatic N) is 3. The second-order valence-corrected chi connectivity index (χ2v) is 6.81. The lowest BCUT2D eigenvalue weighted by Crippen LogP contribution is -2.39. The average Bonchev–Trinajstić information content (AvgIpc) is 3.04. The van der Waals surface area contributed by atoms with E-state index in [1.54, 1.807) is 25.1 Å². The van der Waals surface area contributed by atoms with E-state index >= 15 is 0 Å². The summed E-state index contributed by atoms with van der Waals surface area (Å²) >= 11 is 0. The van der Waals surface area contributed by atoms with Crippen LogP contribution in [0.15, 0.2) is 30.5 Å². The number of methoxy groups -OCH3 is 1. The quantitative estimate of drug-likeness (QED) is 0.890. The summed E-state index contributed by atoms with van der Waals surface area (Å²) in [7, 11) is 1.62. The molecule has 7 heteroatoms. The van der Waals surface area contributed by atoms with Gasteiger partial charge in [-0.2, -0.15) is 0 Å². The fourth-order valence-electron chi connectivity index (χ4n) is 3.53. The van der Waals surface area contributed by atoms with Crippen molar-refractivity contribution in [3.63, 3.8) is 0 Å². The van der Waals surface area contributed by atoms with Crippen LogP contribution in [-0.4, -0.2) is 52.9 Å². The van der Waals surface area contributed by atoms with Crippen LogP contribution in [0, 0.1) is 13.8 Å². The van der Waals surface area contributed by atoms with Crippen LogP contribution in [0.25, 0.3) is 0 Å². The van der Waals surface area contributed by atoms with Crippen molar-refractivity contribution >= 4 is 11.8 Å². The van der Waals surface area contributed by atoms with Crippen LogP contribution in [0.4, 0.5) is 0 Å². The monoisotopic (exact) mass is 368 g/mol. The Hall–Kier alpha value is -2.96. The van der Waals surface area contributed by atoms with E-state index < -0.39 is 0 Å². The van der Waals surface area contributed by atoms with Crippen molar-refractivity contribution in [1.29, 1.82) is 0 Å². The highest BCUT2D eigenvalue weighted by Gasteiger charge is 2.37. The molecule has 2 heterocycles. The van der Waals surface area contributed by atoms with Gasteiger partial charge in [0.1, 0.15) is 11.6 Å². The number of carbonyl (C=O) groups is 2. The predicted octanol–water partition coefficient (Wildman–Crippen LogP) is 1.85. The number of aromatic nitrogens is 2. The van der Waals surface area contributed by atoms with E-state index in [1.807, 2.05) is 31.2 Å². The molecule has 0 aliphatic carbocycles. The Bertz CT molecular complexity index is 851. The highest BCUT2D eigenvalue weighted by atomic mass is 16.5. The van der Waals surface area contributed by atoms with Crippen LogP contribution in [0.3, 0.4) is 0 Å². The number of rotatable bonds is 4. The molecule has 142 valence electrons. The molecule has 2 atom stereocenters. The maximum Gasteiger partial charge on any atom is 0.257 e. The minimum absolute atomic E-state index is 0.00966. The van der Waals surface area contributed by atoms with Crippen LogP contribution in [-0.2, 0) is 4.79 Å². The van der Waals surface area contributed by atoms with Gasteiger partial charge in [-0.05, 0) is 31.5 Å². The van der Waals surface area contributed by atoms with Gasteiger partial charge in [-0.25, -0.2) is 9.97 Å². The summed E-state index contributed by atoms with van der Waals surface area (Å²) in [5.74, 6) is 1.20. The van der Waals surface area contributed by atoms with Crippen molar-refractivity contribution in [3.05, 3.63) is 53.1 Å². The van der Waals surface area contributed by atoms with Crippen molar-refractivity contribution in [2.75, 3.05) is 20.2 Å². The molecule has 0 saturated carbocycles. The molecular weight excluding hydrogens is 344 g/mol. The first-order valence-corrected chi connectivity index (χ1v) is 8.89. The van der Waals surface area contributed by atoms with E-state index in [0.29, 0.717) is 30.2 Å². The van der Waals surface area contributed by atoms with Crippen LogP contribution in [0.2, 0.25) is 0 Å². The van der Waals surface area contributed by atoms with Gasteiger partial charge in [-0.3, -0.25) is 9.59 Å². The van der Waals surface area contributed by atoms with Gasteiger partial charge in [0.15, 0.2) is 0 Å². The SMILES string of the molecule is COc1ccc([C@@H]2CN(C(=O)c3cnc(C)nc3C)C[C@H]2NC(C)=O)cc1. The molecule has 1 saturated heterocycles. The number of aryl methyl sites for hydroxylation is 2. The van der Waals surface area contributed by atoms with Gasteiger partial charge >= 0.3 is 0 Å². The standard InChI is InChI=1S/C20H24N4O3/c1-12-17(9-21-13(2)22-12)20(26)24-10-18(19(11-24)23-14(3)25)15-5-7-16(27-4)8-6-15/h5-9,18-19H,10-11H2,1-4H3,(H,23,25)/t18-,19+/m0/s1. The Kier molecular flexibility index (Phi) is 5.39. The topological polar surface area (TPSA) is 84.4 Å². The zero-order valence-corrected chi connectivity index (χ0v) is 16.0. The van der Waals surface area contributed by atoms with Gasteiger partial charge in [0, 0.05) is 32.1 Å². The number of benzene rings is 1. The number of likely N-dealkylation sites (tertiary alicyclic amines) is 1. The van der Waals surface area contributed by atoms with E-state index in [4.69, 9.17) is 4.74 Å². The van der Waals surface area contributed by atoms with Gasteiger partial charge in [0.2, 0.25) is 5.91 Å². The first kappa shape index (κ1) is 18.8. The van der Waals surface area contributed by atoms with E-state index in [0.717, 1.165) is 11.3 Å². The fourth-order valence-corrected chi connectivity index (χ4v) is 3.53. The lowest BCUT2D eigenvalue weighted by molar-refractivity contribution is -0.119. The second-order valence-electron chi connectivity index (χ2n) is 6.81. The molecule has 1 aliphatic heterocycles. The maximum atomic E-state index is 13.0. The number of nitrogens with one attached hydrogen (secondary N) is 1. The smallest absolute Gasteiger partial charge is 0.257 e. The Morgan fingerprint density at radius 1 is 1.19 bits per heavy atom. The Morgan fingerprint density at radius 2 is 1.89 bits per heavy atom. The molecule has 0 radical (unpaired) electrons. The summed E-state index contributed by atoms with van der Waals surface area (Å²) in [5, 5.41) is 2.98. The summed E-state index contributed by atoms with van der Waals surface area (Å²) in [6, 6.07) is 7.59. The van der Waals surface area contributed by atoms with Crippen molar-refractivity contribution in [2.24, 2.45) is 0 Å². The normalized spacial score (nSPS) is 19.0. The molecule has 0 spiro atoms. The fraction of sp³-hybridized carbons (Fsp3) is 0.400. The number of hydrogen-bond donors (Lipinski definition) is 1. The van der Waals surface area contributed by atoms with Crippen LogP contribution in [0.1, 0.15) is 40.3 Å². The molecule has 3 rings (SSSR count). The van der Waals surface area contributed by atoms with Gasteiger partial charge < -0.3 is 15.0 Å². The van der Waals surface area contributed by atoms with Crippen LogP contribution >= 0.6 is 0 Å². The molecule has 27 heavy (non-hydrogen) atoms. The third-order valence-corrected chi connectivity index (χ3v) is 4.87. The highest BCUT2D eigenvalue weighted by molar-refractivity contribution is 5.95. The molecule has 0 bridgehead atoms. The molecule has 1 aliphatic rings. The molecule has 1 N–H and O–H groups in total. The summed E-state index contributed by atoms with van der Waals surface area (Å²) in [6.45, 7) is 6.06. The van der Waals surface area contributed by atoms with Gasteiger partial charge in [0.05, 0.1) is 24.4 Å². The van der Waals surface area contributed by atoms with E-state index in [9.17, 15) is 9.59 Å². The van der Waals surface area contributed by atoms with Gasteiger partial charge in [-0.1, -0.05) is 12.1 Å². The highest BCUT2D eigenvalue weighted by Crippen LogP contribution is 2.30. The summed E-state index contributed by atoms with van der Waals surface area (Å²) in [4.78, 5) is 34.9. The zero-order chi connectivity index (χ0) is 19.6. The lowest BCUT2D eigenvalue weighted by atomic mass is 9.94. The minimum Gasteiger partial charge on any atom is -0.497 e. The molecule has 0 unspecified atom stereocenters. The summed E-state index contributed by atoms with van der Waals surface area (Å²) < 4.78 is 5.22. The van der Waals surface area contributed by atoms with Gasteiger partial charge in [-0.15, -0.1) is 0 Å². The maximum absolute atomic E-state index is 13.0. The summed E-state index contributed by atoms with van der Waals surface area (Å²) in [6.07, 6.45) is 1.58. The number of ether oxygens (including phenoxy) is 1. The largest absolute Gasteiger partial charge is 0.497 e. The predicted molar refractivity (Wildman–Crippen MR) is 101 cm³/mol. The Labute approximate surface area is 158 Å². The first-order valence-electron chi connectivity index (χ1n) is 8.89. The van der Waals surface area contributed by atoms with Crippen molar-refractivity contribution < 1.29 is 14.3 Å².